The summed E-state index contributed by atoms with van der Waals surface area (Å²) in [7, 11) is 0. The normalized spacial score (nSPS) is 10.7. The molecule has 0 aromatic heterocycles. The average molecular weight is 341 g/mol. The Morgan fingerprint density at radius 2 is 1.24 bits per heavy atom. The van der Waals surface area contributed by atoms with Gasteiger partial charge >= 0.3 is 0 Å². The Balaban J connectivity index is 0.00000132. The Hall–Kier alpha value is -1.50. The summed E-state index contributed by atoms with van der Waals surface area (Å²) in [5.74, 6) is 0. The SMILES string of the molecule is [CH-]=Cc1[c-]cc2cc3cc4ccccc4cc3cc2c1.[Y]. The van der Waals surface area contributed by atoms with Crippen LogP contribution in [0.3, 0.4) is 0 Å². The van der Waals surface area contributed by atoms with Crippen molar-refractivity contribution < 1.29 is 32.7 Å². The molecule has 0 unspecified atom stereocenters. The molecule has 0 aliphatic heterocycles. The topological polar surface area (TPSA) is 0 Å². The third-order valence-electron chi connectivity index (χ3n) is 3.79. The third kappa shape index (κ3) is 2.54. The minimum absolute atomic E-state index is 0. The van der Waals surface area contributed by atoms with E-state index in [0.29, 0.717) is 0 Å². The van der Waals surface area contributed by atoms with Crippen LogP contribution in [0.2, 0.25) is 0 Å². The van der Waals surface area contributed by atoms with Gasteiger partial charge in [-0.3, -0.25) is 0 Å². The van der Waals surface area contributed by atoms with Crippen molar-refractivity contribution in [2.45, 2.75) is 0 Å². The van der Waals surface area contributed by atoms with E-state index in [1.165, 1.54) is 32.3 Å². The minimum atomic E-state index is 0. The number of benzene rings is 4. The van der Waals surface area contributed by atoms with Crippen LogP contribution in [0.5, 0.6) is 0 Å². The molecule has 0 amide bonds. The van der Waals surface area contributed by atoms with Crippen LogP contribution in [0.15, 0.2) is 60.7 Å². The van der Waals surface area contributed by atoms with Gasteiger partial charge in [0.1, 0.15) is 0 Å². The molecule has 1 radical (unpaired) electrons. The Morgan fingerprint density at radius 1 is 0.714 bits per heavy atom. The van der Waals surface area contributed by atoms with E-state index in [1.54, 1.807) is 6.08 Å². The fourth-order valence-corrected chi connectivity index (χ4v) is 2.74. The molecule has 0 saturated carbocycles. The molecule has 0 heterocycles. The molecule has 0 aliphatic rings. The van der Waals surface area contributed by atoms with Gasteiger partial charge in [0.05, 0.1) is 0 Å². The molecular weight excluding hydrogens is 329 g/mol. The van der Waals surface area contributed by atoms with Crippen molar-refractivity contribution in [3.05, 3.63) is 78.9 Å². The largest absolute Gasteiger partial charge is 0.344 e. The van der Waals surface area contributed by atoms with Gasteiger partial charge in [0.2, 0.25) is 0 Å². The Labute approximate surface area is 149 Å². The molecule has 4 aromatic rings. The molecule has 0 spiro atoms. The molecule has 0 bridgehead atoms. The molecule has 97 valence electrons. The zero-order chi connectivity index (χ0) is 13.5. The molecule has 0 fully saturated rings. The van der Waals surface area contributed by atoms with Crippen molar-refractivity contribution in [3.63, 3.8) is 0 Å². The first kappa shape index (κ1) is 14.4. The third-order valence-corrected chi connectivity index (χ3v) is 3.79. The maximum atomic E-state index is 5.57. The van der Waals surface area contributed by atoms with Crippen LogP contribution in [0.4, 0.5) is 0 Å². The second kappa shape index (κ2) is 5.71. The van der Waals surface area contributed by atoms with E-state index in [1.807, 2.05) is 6.07 Å². The van der Waals surface area contributed by atoms with Gasteiger partial charge in [0, 0.05) is 32.7 Å². The summed E-state index contributed by atoms with van der Waals surface area (Å²) < 4.78 is 0. The predicted octanol–water partition coefficient (Wildman–Crippen LogP) is 5.39. The van der Waals surface area contributed by atoms with Crippen LogP contribution >= 0.6 is 0 Å². The Morgan fingerprint density at radius 3 is 1.86 bits per heavy atom. The van der Waals surface area contributed by atoms with E-state index < -0.39 is 0 Å². The van der Waals surface area contributed by atoms with Crippen LogP contribution in [0, 0.1) is 12.6 Å². The van der Waals surface area contributed by atoms with E-state index in [0.717, 1.165) is 5.56 Å². The number of hydrogen-bond acceptors (Lipinski definition) is 0. The molecule has 4 aromatic carbocycles. The van der Waals surface area contributed by atoms with E-state index in [-0.39, 0.29) is 32.7 Å². The van der Waals surface area contributed by atoms with E-state index in [2.05, 4.69) is 60.7 Å². The van der Waals surface area contributed by atoms with Gasteiger partial charge in [-0.15, -0.1) is 10.8 Å². The van der Waals surface area contributed by atoms with Crippen LogP contribution in [-0.2, 0) is 32.7 Å². The molecule has 0 atom stereocenters. The Kier molecular flexibility index (Phi) is 3.93. The second-order valence-corrected chi connectivity index (χ2v) is 5.08. The summed E-state index contributed by atoms with van der Waals surface area (Å²) in [6.45, 7) is 5.57. The quantitative estimate of drug-likeness (QED) is 0.322. The van der Waals surface area contributed by atoms with Gasteiger partial charge in [-0.05, 0) is 33.7 Å². The summed E-state index contributed by atoms with van der Waals surface area (Å²) in [5, 5.41) is 7.45. The molecular formula is C20H12Y-2. The molecule has 0 nitrogen and oxygen atoms in total. The standard InChI is InChI=1S/C20H12.Y/c1-2-14-7-8-17-12-19-10-15-5-3-4-6-16(15)11-20(19)13-18(17)9-14;/h1-6,8-13H;/q-2;. The van der Waals surface area contributed by atoms with Crippen molar-refractivity contribution in [1.29, 1.82) is 0 Å². The summed E-state index contributed by atoms with van der Waals surface area (Å²) in [5.41, 5.74) is 0.928. The van der Waals surface area contributed by atoms with Crippen molar-refractivity contribution >= 4 is 38.4 Å². The average Bonchev–Trinajstić information content (AvgIpc) is 2.50. The predicted molar refractivity (Wildman–Crippen MR) is 86.6 cm³/mol. The Bertz CT molecular complexity index is 967. The van der Waals surface area contributed by atoms with Gasteiger partial charge in [-0.2, -0.15) is 6.07 Å². The fraction of sp³-hybridized carbons (Fsp3) is 0. The van der Waals surface area contributed by atoms with Crippen LogP contribution < -0.4 is 0 Å². The zero-order valence-electron chi connectivity index (χ0n) is 11.5. The van der Waals surface area contributed by atoms with E-state index in [4.69, 9.17) is 6.58 Å². The zero-order valence-corrected chi connectivity index (χ0v) is 14.3. The first-order valence-corrected chi connectivity index (χ1v) is 6.66. The van der Waals surface area contributed by atoms with Crippen molar-refractivity contribution in [1.82, 2.24) is 0 Å². The van der Waals surface area contributed by atoms with Crippen LogP contribution in [-0.4, -0.2) is 0 Å². The van der Waals surface area contributed by atoms with E-state index in [9.17, 15) is 0 Å². The summed E-state index contributed by atoms with van der Waals surface area (Å²) in [6, 6.07) is 24.6. The summed E-state index contributed by atoms with van der Waals surface area (Å²) >= 11 is 0. The molecule has 4 rings (SSSR count). The first-order valence-electron chi connectivity index (χ1n) is 6.66. The van der Waals surface area contributed by atoms with E-state index >= 15 is 0 Å². The summed E-state index contributed by atoms with van der Waals surface area (Å²) in [6.07, 6.45) is 1.59. The van der Waals surface area contributed by atoms with Gasteiger partial charge in [-0.1, -0.05) is 36.4 Å². The smallest absolute Gasteiger partial charge is 0 e. The number of hydrogen-bond donors (Lipinski definition) is 0. The first-order chi connectivity index (χ1) is 9.83. The van der Waals surface area contributed by atoms with Gasteiger partial charge in [0.15, 0.2) is 0 Å². The second-order valence-electron chi connectivity index (χ2n) is 5.08. The maximum Gasteiger partial charge on any atom is 0 e. The maximum absolute atomic E-state index is 5.57. The van der Waals surface area contributed by atoms with Crippen molar-refractivity contribution in [3.8, 4) is 0 Å². The minimum Gasteiger partial charge on any atom is -0.344 e. The number of rotatable bonds is 1. The van der Waals surface area contributed by atoms with Crippen molar-refractivity contribution in [2.24, 2.45) is 0 Å². The molecule has 1 heteroatoms. The van der Waals surface area contributed by atoms with Crippen LogP contribution in [0.25, 0.3) is 38.4 Å². The molecule has 0 aliphatic carbocycles. The summed E-state index contributed by atoms with van der Waals surface area (Å²) in [4.78, 5) is 0. The number of fused-ring (bicyclic) bond motifs is 3. The fourth-order valence-electron chi connectivity index (χ4n) is 2.74. The van der Waals surface area contributed by atoms with Crippen molar-refractivity contribution in [2.75, 3.05) is 0 Å². The molecule has 0 saturated heterocycles. The molecule has 21 heavy (non-hydrogen) atoms. The van der Waals surface area contributed by atoms with Crippen LogP contribution in [0.1, 0.15) is 5.56 Å². The molecule has 0 N–H and O–H groups in total. The van der Waals surface area contributed by atoms with Gasteiger partial charge in [0.25, 0.3) is 0 Å². The monoisotopic (exact) mass is 341 g/mol. The van der Waals surface area contributed by atoms with Gasteiger partial charge in [-0.25, -0.2) is 12.1 Å². The van der Waals surface area contributed by atoms with Gasteiger partial charge < -0.3 is 18.2 Å².